The van der Waals surface area contributed by atoms with Crippen molar-refractivity contribution >= 4 is 33.2 Å². The SMILES string of the molecule is Cc1ccc2c(c1)OCCCn1cc(nn1)CN(S(=O)(=O)c1cc(C)sc1C)CCCNC(=O)[C@@H](C)NC2=O. The van der Waals surface area contributed by atoms with Gasteiger partial charge in [0.15, 0.2) is 0 Å². The number of sulfonamides is 1. The lowest BCUT2D eigenvalue weighted by molar-refractivity contribution is -0.122. The van der Waals surface area contributed by atoms with Crippen LogP contribution in [-0.4, -0.2) is 65.3 Å². The highest BCUT2D eigenvalue weighted by Crippen LogP contribution is 2.28. The number of aryl methyl sites for hydroxylation is 4. The van der Waals surface area contributed by atoms with E-state index in [1.165, 1.54) is 15.6 Å². The maximum absolute atomic E-state index is 13.6. The molecule has 2 N–H and O–H groups in total. The van der Waals surface area contributed by atoms with E-state index in [-0.39, 0.29) is 30.4 Å². The standard InChI is InChI=1S/C26H34N6O5S2/c1-17-7-8-22-23(13-17)37-12-6-10-31-15-21(29-30-31)16-32(39(35,36)24-14-18(2)38-20(24)4)11-5-9-27-25(33)19(3)28-26(22)34/h7-8,13-15,19H,5-6,9-12,16H2,1-4H3,(H,27,33)(H,28,34)/t19-/m1/s1. The summed E-state index contributed by atoms with van der Waals surface area (Å²) in [4.78, 5) is 27.5. The Hall–Kier alpha value is -3.29. The summed E-state index contributed by atoms with van der Waals surface area (Å²) < 4.78 is 36.2. The number of carbonyl (C=O) groups is 2. The number of nitrogens with zero attached hydrogens (tertiary/aromatic N) is 4. The van der Waals surface area contributed by atoms with Gasteiger partial charge in [-0.2, -0.15) is 4.31 Å². The highest BCUT2D eigenvalue weighted by Gasteiger charge is 2.28. The van der Waals surface area contributed by atoms with Crippen LogP contribution in [0.4, 0.5) is 0 Å². The van der Waals surface area contributed by atoms with Gasteiger partial charge in [-0.05, 0) is 57.9 Å². The van der Waals surface area contributed by atoms with E-state index in [2.05, 4.69) is 20.9 Å². The molecule has 3 aromatic rings. The molecule has 13 heteroatoms. The zero-order chi connectivity index (χ0) is 28.2. The number of hydrogen-bond acceptors (Lipinski definition) is 8. The van der Waals surface area contributed by atoms with Crippen molar-refractivity contribution in [3.8, 4) is 5.75 Å². The topological polar surface area (TPSA) is 136 Å². The molecule has 39 heavy (non-hydrogen) atoms. The van der Waals surface area contributed by atoms with Crippen molar-refractivity contribution in [1.29, 1.82) is 0 Å². The van der Waals surface area contributed by atoms with Gasteiger partial charge in [0.2, 0.25) is 15.9 Å². The van der Waals surface area contributed by atoms with E-state index in [0.29, 0.717) is 43.0 Å². The van der Waals surface area contributed by atoms with Gasteiger partial charge in [0.25, 0.3) is 5.91 Å². The zero-order valence-corrected chi connectivity index (χ0v) is 24.2. The second-order valence-electron chi connectivity index (χ2n) is 9.63. The molecule has 1 aliphatic rings. The fourth-order valence-electron chi connectivity index (χ4n) is 4.29. The predicted octanol–water partition coefficient (Wildman–Crippen LogP) is 2.56. The Bertz CT molecular complexity index is 1450. The molecule has 0 saturated heterocycles. The van der Waals surface area contributed by atoms with Crippen LogP contribution in [0.1, 0.15) is 51.1 Å². The highest BCUT2D eigenvalue weighted by molar-refractivity contribution is 7.89. The number of hydrogen-bond donors (Lipinski definition) is 2. The number of aromatic nitrogens is 3. The molecule has 3 heterocycles. The summed E-state index contributed by atoms with van der Waals surface area (Å²) in [7, 11) is -3.80. The Labute approximate surface area is 232 Å². The van der Waals surface area contributed by atoms with Crippen LogP contribution in [0.15, 0.2) is 35.4 Å². The average Bonchev–Trinajstić information content (AvgIpc) is 3.48. The maximum Gasteiger partial charge on any atom is 0.255 e. The van der Waals surface area contributed by atoms with Crippen molar-refractivity contribution in [1.82, 2.24) is 29.9 Å². The van der Waals surface area contributed by atoms with Crippen LogP contribution < -0.4 is 15.4 Å². The number of rotatable bonds is 2. The van der Waals surface area contributed by atoms with Crippen molar-refractivity contribution in [2.45, 2.75) is 64.6 Å². The maximum atomic E-state index is 13.6. The van der Waals surface area contributed by atoms with Gasteiger partial charge < -0.3 is 15.4 Å². The second kappa shape index (κ2) is 12.3. The molecule has 11 nitrogen and oxygen atoms in total. The first-order valence-electron chi connectivity index (χ1n) is 12.8. The Balaban J connectivity index is 1.57. The minimum Gasteiger partial charge on any atom is -0.493 e. The van der Waals surface area contributed by atoms with Crippen LogP contribution >= 0.6 is 11.3 Å². The van der Waals surface area contributed by atoms with Crippen molar-refractivity contribution in [2.24, 2.45) is 0 Å². The molecule has 0 radical (unpaired) electrons. The van der Waals surface area contributed by atoms with Gasteiger partial charge in [-0.15, -0.1) is 16.4 Å². The number of carbonyl (C=O) groups excluding carboxylic acids is 2. The van der Waals surface area contributed by atoms with Gasteiger partial charge in [0.05, 0.1) is 29.3 Å². The minimum atomic E-state index is -3.80. The highest BCUT2D eigenvalue weighted by atomic mass is 32.2. The van der Waals surface area contributed by atoms with Crippen molar-refractivity contribution in [3.05, 3.63) is 57.0 Å². The number of benzene rings is 1. The van der Waals surface area contributed by atoms with Gasteiger partial charge in [-0.25, -0.2) is 8.42 Å². The average molecular weight is 575 g/mol. The van der Waals surface area contributed by atoms with Crippen molar-refractivity contribution in [3.63, 3.8) is 0 Å². The first-order chi connectivity index (χ1) is 18.5. The minimum absolute atomic E-state index is 0.0558. The lowest BCUT2D eigenvalue weighted by Crippen LogP contribution is -2.45. The van der Waals surface area contributed by atoms with Gasteiger partial charge in [-0.3, -0.25) is 14.3 Å². The molecule has 1 aliphatic heterocycles. The van der Waals surface area contributed by atoms with E-state index in [0.717, 1.165) is 15.3 Å². The van der Waals surface area contributed by atoms with E-state index in [4.69, 9.17) is 4.74 Å². The van der Waals surface area contributed by atoms with E-state index in [1.54, 1.807) is 42.9 Å². The second-order valence-corrected chi connectivity index (χ2v) is 13.0. The molecule has 2 amide bonds. The Kier molecular flexibility index (Phi) is 9.03. The fourth-order valence-corrected chi connectivity index (χ4v) is 7.27. The van der Waals surface area contributed by atoms with Crippen LogP contribution in [0.3, 0.4) is 0 Å². The summed E-state index contributed by atoms with van der Waals surface area (Å²) in [5.41, 5.74) is 1.82. The third-order valence-corrected chi connectivity index (χ3v) is 9.40. The van der Waals surface area contributed by atoms with Crippen LogP contribution in [0.25, 0.3) is 0 Å². The quantitative estimate of drug-likeness (QED) is 0.480. The fraction of sp³-hybridized carbons (Fsp3) is 0.462. The van der Waals surface area contributed by atoms with Crippen molar-refractivity contribution < 1.29 is 22.7 Å². The van der Waals surface area contributed by atoms with Crippen molar-refractivity contribution in [2.75, 3.05) is 19.7 Å². The molecular weight excluding hydrogens is 540 g/mol. The zero-order valence-electron chi connectivity index (χ0n) is 22.6. The van der Waals surface area contributed by atoms with E-state index < -0.39 is 22.0 Å². The Morgan fingerprint density at radius 1 is 1.10 bits per heavy atom. The van der Waals surface area contributed by atoms with Gasteiger partial charge in [-0.1, -0.05) is 11.3 Å². The molecule has 2 aromatic heterocycles. The molecule has 1 atom stereocenters. The predicted molar refractivity (Wildman–Crippen MR) is 147 cm³/mol. The van der Waals surface area contributed by atoms with E-state index in [1.807, 2.05) is 19.9 Å². The summed E-state index contributed by atoms with van der Waals surface area (Å²) in [6.07, 6.45) is 2.70. The number of fused-ring (bicyclic) bond motifs is 3. The van der Waals surface area contributed by atoms with Crippen LogP contribution in [-0.2, 0) is 27.9 Å². The lowest BCUT2D eigenvalue weighted by atomic mass is 10.1. The number of nitrogens with one attached hydrogen (secondary N) is 2. The molecule has 4 rings (SSSR count). The first kappa shape index (κ1) is 28.7. The molecule has 0 unspecified atom stereocenters. The molecule has 0 spiro atoms. The molecule has 0 saturated carbocycles. The summed E-state index contributed by atoms with van der Waals surface area (Å²) >= 11 is 1.44. The molecular formula is C26H34N6O5S2. The summed E-state index contributed by atoms with van der Waals surface area (Å²) in [5, 5.41) is 13.9. The number of amides is 2. The first-order valence-corrected chi connectivity index (χ1v) is 15.1. The van der Waals surface area contributed by atoms with Crippen LogP contribution in [0.2, 0.25) is 0 Å². The molecule has 1 aromatic carbocycles. The number of ether oxygens (including phenoxy) is 1. The molecule has 210 valence electrons. The third kappa shape index (κ3) is 7.02. The molecule has 0 fully saturated rings. The van der Waals surface area contributed by atoms with Crippen LogP contribution in [0, 0.1) is 20.8 Å². The van der Waals surface area contributed by atoms with Crippen LogP contribution in [0.5, 0.6) is 5.75 Å². The summed E-state index contributed by atoms with van der Waals surface area (Å²) in [6, 6.07) is 6.19. The summed E-state index contributed by atoms with van der Waals surface area (Å²) in [6.45, 7) is 8.48. The normalized spacial score (nSPS) is 18.6. The lowest BCUT2D eigenvalue weighted by Gasteiger charge is -2.21. The Morgan fingerprint density at radius 2 is 1.90 bits per heavy atom. The third-order valence-electron chi connectivity index (χ3n) is 6.33. The smallest absolute Gasteiger partial charge is 0.255 e. The van der Waals surface area contributed by atoms with E-state index >= 15 is 0 Å². The number of thiophene rings is 1. The van der Waals surface area contributed by atoms with Gasteiger partial charge in [0.1, 0.15) is 11.8 Å². The monoisotopic (exact) mass is 574 g/mol. The largest absolute Gasteiger partial charge is 0.493 e. The van der Waals surface area contributed by atoms with E-state index in [9.17, 15) is 18.0 Å². The summed E-state index contributed by atoms with van der Waals surface area (Å²) in [5.74, 6) is -0.334. The van der Waals surface area contributed by atoms with Gasteiger partial charge >= 0.3 is 0 Å². The molecule has 2 bridgehead atoms. The van der Waals surface area contributed by atoms with Gasteiger partial charge in [0, 0.05) is 42.0 Å². The molecule has 0 aliphatic carbocycles. The Morgan fingerprint density at radius 3 is 2.64 bits per heavy atom.